The van der Waals surface area contributed by atoms with Crippen LogP contribution in [0.25, 0.3) is 0 Å². The van der Waals surface area contributed by atoms with Crippen molar-refractivity contribution in [1.29, 1.82) is 0 Å². The third kappa shape index (κ3) is 4.93. The average Bonchev–Trinajstić information content (AvgIpc) is 2.42. The molecule has 0 aliphatic carbocycles. The van der Waals surface area contributed by atoms with Crippen LogP contribution in [0.1, 0.15) is 30.1 Å². The van der Waals surface area contributed by atoms with Gasteiger partial charge in [0.1, 0.15) is 6.61 Å². The Bertz CT molecular complexity index is 478. The second-order valence-corrected chi connectivity index (χ2v) is 4.03. The van der Waals surface area contributed by atoms with Crippen molar-refractivity contribution in [3.8, 4) is 0 Å². The van der Waals surface area contributed by atoms with Gasteiger partial charge >= 0.3 is 11.7 Å². The molecule has 0 amide bonds. The normalized spacial score (nSPS) is 10.3. The number of benzene rings is 1. The van der Waals surface area contributed by atoms with Crippen molar-refractivity contribution in [2.24, 2.45) is 0 Å². The molecular formula is C13H16FNO5. The number of rotatable bonds is 8. The number of nitro groups is 1. The zero-order chi connectivity index (χ0) is 15.0. The SMILES string of the molecule is CCCCOCCOC(=O)c1ccc(F)c([N+](=O)[O-])c1. The number of ether oxygens (including phenoxy) is 2. The maximum absolute atomic E-state index is 13.1. The smallest absolute Gasteiger partial charge is 0.338 e. The number of esters is 1. The molecule has 7 heteroatoms. The van der Waals surface area contributed by atoms with E-state index in [1.807, 2.05) is 6.92 Å². The van der Waals surface area contributed by atoms with Crippen molar-refractivity contribution in [1.82, 2.24) is 0 Å². The van der Waals surface area contributed by atoms with Crippen LogP contribution in [0.3, 0.4) is 0 Å². The summed E-state index contributed by atoms with van der Waals surface area (Å²) in [6.45, 7) is 2.93. The highest BCUT2D eigenvalue weighted by Gasteiger charge is 2.18. The van der Waals surface area contributed by atoms with Crippen LogP contribution >= 0.6 is 0 Å². The van der Waals surface area contributed by atoms with Gasteiger partial charge in [-0.1, -0.05) is 13.3 Å². The highest BCUT2D eigenvalue weighted by Crippen LogP contribution is 2.18. The molecule has 0 aliphatic rings. The first-order valence-corrected chi connectivity index (χ1v) is 6.25. The van der Waals surface area contributed by atoms with E-state index in [1.165, 1.54) is 0 Å². The van der Waals surface area contributed by atoms with Gasteiger partial charge in [-0.3, -0.25) is 10.1 Å². The van der Waals surface area contributed by atoms with Crippen LogP contribution in [-0.2, 0) is 9.47 Å². The molecule has 20 heavy (non-hydrogen) atoms. The van der Waals surface area contributed by atoms with Crippen LogP contribution in [0.2, 0.25) is 0 Å². The fraction of sp³-hybridized carbons (Fsp3) is 0.462. The molecule has 0 saturated carbocycles. The average molecular weight is 285 g/mol. The predicted molar refractivity (Wildman–Crippen MR) is 69.1 cm³/mol. The Hall–Kier alpha value is -2.02. The molecule has 0 fully saturated rings. The molecule has 0 atom stereocenters. The molecule has 0 spiro atoms. The Morgan fingerprint density at radius 3 is 2.75 bits per heavy atom. The first kappa shape index (κ1) is 16.0. The van der Waals surface area contributed by atoms with Gasteiger partial charge in [-0.2, -0.15) is 4.39 Å². The van der Waals surface area contributed by atoms with Crippen LogP contribution in [0.5, 0.6) is 0 Å². The second-order valence-electron chi connectivity index (χ2n) is 4.03. The third-order valence-corrected chi connectivity index (χ3v) is 2.48. The van der Waals surface area contributed by atoms with Gasteiger partial charge in [-0.25, -0.2) is 4.79 Å². The highest BCUT2D eigenvalue weighted by molar-refractivity contribution is 5.90. The van der Waals surface area contributed by atoms with Crippen molar-refractivity contribution in [3.05, 3.63) is 39.7 Å². The van der Waals surface area contributed by atoms with Crippen molar-refractivity contribution >= 4 is 11.7 Å². The minimum Gasteiger partial charge on any atom is -0.460 e. The molecule has 0 heterocycles. The van der Waals surface area contributed by atoms with E-state index in [0.29, 0.717) is 6.61 Å². The summed E-state index contributed by atoms with van der Waals surface area (Å²) in [5.74, 6) is -1.73. The minimum atomic E-state index is -0.991. The van der Waals surface area contributed by atoms with Crippen molar-refractivity contribution in [2.75, 3.05) is 19.8 Å². The Kier molecular flexibility index (Phi) is 6.58. The van der Waals surface area contributed by atoms with Gasteiger partial charge < -0.3 is 9.47 Å². The highest BCUT2D eigenvalue weighted by atomic mass is 19.1. The lowest BCUT2D eigenvalue weighted by Gasteiger charge is -2.06. The van der Waals surface area contributed by atoms with E-state index in [1.54, 1.807) is 0 Å². The summed E-state index contributed by atoms with van der Waals surface area (Å²) >= 11 is 0. The summed E-state index contributed by atoms with van der Waals surface area (Å²) in [4.78, 5) is 21.3. The molecule has 1 aromatic rings. The lowest BCUT2D eigenvalue weighted by Crippen LogP contribution is -2.11. The fourth-order valence-electron chi connectivity index (χ4n) is 1.40. The van der Waals surface area contributed by atoms with E-state index in [4.69, 9.17) is 9.47 Å². The molecule has 0 N–H and O–H groups in total. The molecule has 0 bridgehead atoms. The Morgan fingerprint density at radius 2 is 2.10 bits per heavy atom. The zero-order valence-electron chi connectivity index (χ0n) is 11.1. The molecule has 1 aromatic carbocycles. The molecule has 6 nitrogen and oxygen atoms in total. The number of hydrogen-bond acceptors (Lipinski definition) is 5. The summed E-state index contributed by atoms with van der Waals surface area (Å²) in [5, 5.41) is 10.6. The summed E-state index contributed by atoms with van der Waals surface area (Å²) in [7, 11) is 0. The zero-order valence-corrected chi connectivity index (χ0v) is 11.1. The van der Waals surface area contributed by atoms with Gasteiger partial charge in [0, 0.05) is 12.7 Å². The Balaban J connectivity index is 2.47. The predicted octanol–water partition coefficient (Wildman–Crippen LogP) is 2.71. The van der Waals surface area contributed by atoms with Gasteiger partial charge in [-0.15, -0.1) is 0 Å². The second kappa shape index (κ2) is 8.21. The molecule has 0 saturated heterocycles. The van der Waals surface area contributed by atoms with Crippen LogP contribution in [0.4, 0.5) is 10.1 Å². The molecule has 0 aliphatic heterocycles. The quantitative estimate of drug-likeness (QED) is 0.317. The Morgan fingerprint density at radius 1 is 1.35 bits per heavy atom. The molecule has 0 aromatic heterocycles. The maximum Gasteiger partial charge on any atom is 0.338 e. The topological polar surface area (TPSA) is 78.7 Å². The number of halogens is 1. The minimum absolute atomic E-state index is 0.0493. The van der Waals surface area contributed by atoms with Crippen LogP contribution in [-0.4, -0.2) is 30.7 Å². The lowest BCUT2D eigenvalue weighted by molar-refractivity contribution is -0.387. The molecular weight excluding hydrogens is 269 g/mol. The van der Waals surface area contributed by atoms with Gasteiger partial charge in [0.2, 0.25) is 5.82 Å². The van der Waals surface area contributed by atoms with Crippen LogP contribution in [0, 0.1) is 15.9 Å². The summed E-state index contributed by atoms with van der Waals surface area (Å²) in [6.07, 6.45) is 1.94. The molecule has 0 radical (unpaired) electrons. The summed E-state index contributed by atoms with van der Waals surface area (Å²) in [5.41, 5.74) is -0.815. The maximum atomic E-state index is 13.1. The number of nitro benzene ring substituents is 1. The van der Waals surface area contributed by atoms with E-state index in [-0.39, 0.29) is 18.8 Å². The Labute approximate surface area is 115 Å². The van der Waals surface area contributed by atoms with E-state index >= 15 is 0 Å². The van der Waals surface area contributed by atoms with Gasteiger partial charge in [0.25, 0.3) is 0 Å². The molecule has 110 valence electrons. The van der Waals surface area contributed by atoms with E-state index in [0.717, 1.165) is 31.0 Å². The summed E-state index contributed by atoms with van der Waals surface area (Å²) < 4.78 is 23.2. The van der Waals surface area contributed by atoms with E-state index in [9.17, 15) is 19.3 Å². The number of nitrogens with zero attached hydrogens (tertiary/aromatic N) is 1. The monoisotopic (exact) mass is 285 g/mol. The van der Waals surface area contributed by atoms with E-state index in [2.05, 4.69) is 0 Å². The van der Waals surface area contributed by atoms with Crippen LogP contribution in [0.15, 0.2) is 18.2 Å². The molecule has 0 unspecified atom stereocenters. The van der Waals surface area contributed by atoms with Crippen molar-refractivity contribution < 1.29 is 23.6 Å². The third-order valence-electron chi connectivity index (χ3n) is 2.48. The molecule has 1 rings (SSSR count). The fourth-order valence-corrected chi connectivity index (χ4v) is 1.40. The van der Waals surface area contributed by atoms with Crippen molar-refractivity contribution in [3.63, 3.8) is 0 Å². The van der Waals surface area contributed by atoms with Gasteiger partial charge in [0.05, 0.1) is 17.1 Å². The first-order valence-electron chi connectivity index (χ1n) is 6.25. The van der Waals surface area contributed by atoms with Crippen molar-refractivity contribution in [2.45, 2.75) is 19.8 Å². The standard InChI is InChI=1S/C13H16FNO5/c1-2-3-6-19-7-8-20-13(16)10-4-5-11(14)12(9-10)15(17)18/h4-5,9H,2-3,6-8H2,1H3. The number of carbonyl (C=O) groups is 1. The largest absolute Gasteiger partial charge is 0.460 e. The van der Waals surface area contributed by atoms with Gasteiger partial charge in [-0.05, 0) is 18.6 Å². The summed E-state index contributed by atoms with van der Waals surface area (Å²) in [6, 6.07) is 2.87. The number of unbranched alkanes of at least 4 members (excludes halogenated alkanes) is 1. The first-order chi connectivity index (χ1) is 9.56. The number of hydrogen-bond donors (Lipinski definition) is 0. The van der Waals surface area contributed by atoms with E-state index < -0.39 is 22.4 Å². The lowest BCUT2D eigenvalue weighted by atomic mass is 10.2. The number of carbonyl (C=O) groups excluding carboxylic acids is 1. The van der Waals surface area contributed by atoms with Crippen LogP contribution < -0.4 is 0 Å². The van der Waals surface area contributed by atoms with Gasteiger partial charge in [0.15, 0.2) is 0 Å².